The summed E-state index contributed by atoms with van der Waals surface area (Å²) < 4.78 is 5.26. The minimum atomic E-state index is -0.685. The van der Waals surface area contributed by atoms with Gasteiger partial charge in [-0.05, 0) is 148 Å². The quantitative estimate of drug-likeness (QED) is 0.0313. The van der Waals surface area contributed by atoms with Crippen LogP contribution in [0.25, 0.3) is 0 Å². The molecule has 0 aromatic rings. The van der Waals surface area contributed by atoms with E-state index < -0.39 is 5.97 Å². The van der Waals surface area contributed by atoms with Crippen molar-refractivity contribution < 1.29 is 19.4 Å². The number of ether oxygens (including phenoxy) is 1. The third-order valence-corrected chi connectivity index (χ3v) is 8.00. The van der Waals surface area contributed by atoms with Crippen molar-refractivity contribution >= 4 is 24.6 Å². The van der Waals surface area contributed by atoms with Crippen molar-refractivity contribution in [2.45, 2.75) is 167 Å². The number of carboxylic acids is 1. The Hall–Kier alpha value is -1.79. The Balaban J connectivity index is 0. The second-order valence-electron chi connectivity index (χ2n) is 12.8. The molecule has 0 aromatic heterocycles. The van der Waals surface area contributed by atoms with Crippen LogP contribution < -0.4 is 0 Å². The molecule has 0 aliphatic carbocycles. The largest absolute Gasteiger partial charge is 0.481 e. The molecule has 0 saturated heterocycles. The van der Waals surface area contributed by atoms with Gasteiger partial charge in [-0.1, -0.05) is 81.2 Å². The summed E-state index contributed by atoms with van der Waals surface area (Å²) in [6, 6.07) is 0. The van der Waals surface area contributed by atoms with E-state index in [0.29, 0.717) is 19.4 Å². The summed E-state index contributed by atoms with van der Waals surface area (Å²) in [5.74, 6) is 0.286. The first-order chi connectivity index (χ1) is 22.9. The van der Waals surface area contributed by atoms with Gasteiger partial charge in [0, 0.05) is 12.8 Å². The van der Waals surface area contributed by atoms with Crippen molar-refractivity contribution in [1.29, 1.82) is 0 Å². The summed E-state index contributed by atoms with van der Waals surface area (Å²) in [6.07, 6.45) is 45.7. The molecule has 6 heteroatoms. The molecule has 0 aliphatic heterocycles. The first-order valence-corrected chi connectivity index (χ1v) is 19.8. The van der Waals surface area contributed by atoms with E-state index in [9.17, 15) is 9.59 Å². The zero-order valence-electron chi connectivity index (χ0n) is 31.0. The molecule has 5 nitrogen and oxygen atoms in total. The fraction of sp³-hybridized carbons (Fsp3) is 0.756. The number of carbonyl (C=O) groups excluding carboxylic acids is 1. The monoisotopic (exact) mass is 678 g/mol. The van der Waals surface area contributed by atoms with Gasteiger partial charge in [0.05, 0.1) is 6.61 Å². The molecule has 1 N–H and O–H groups in total. The van der Waals surface area contributed by atoms with Crippen molar-refractivity contribution in [3.05, 3.63) is 48.6 Å². The fourth-order valence-corrected chi connectivity index (χ4v) is 4.97. The lowest BCUT2D eigenvalue weighted by Gasteiger charge is -2.09. The zero-order valence-corrected chi connectivity index (χ0v) is 31.9. The summed E-state index contributed by atoms with van der Waals surface area (Å²) in [5, 5.41) is 8.49. The van der Waals surface area contributed by atoms with Crippen LogP contribution in [0.5, 0.6) is 0 Å². The van der Waals surface area contributed by atoms with Crippen LogP contribution in [0.3, 0.4) is 0 Å². The maximum absolute atomic E-state index is 11.6. The van der Waals surface area contributed by atoms with Gasteiger partial charge >= 0.3 is 11.9 Å². The van der Waals surface area contributed by atoms with Gasteiger partial charge in [-0.3, -0.25) is 9.59 Å². The fourth-order valence-electron chi connectivity index (χ4n) is 4.75. The Morgan fingerprint density at radius 1 is 0.553 bits per heavy atom. The number of unbranched alkanes of at least 4 members (excludes halogenated alkanes) is 16. The number of thiol groups is 1. The lowest BCUT2D eigenvalue weighted by Crippen LogP contribution is -2.14. The number of esters is 1. The molecule has 0 saturated carbocycles. The van der Waals surface area contributed by atoms with Gasteiger partial charge in [-0.15, -0.1) is 0 Å². The van der Waals surface area contributed by atoms with Crippen LogP contribution in [0.2, 0.25) is 0 Å². The van der Waals surface area contributed by atoms with Gasteiger partial charge < -0.3 is 14.7 Å². The van der Waals surface area contributed by atoms with E-state index in [2.05, 4.69) is 87.2 Å². The van der Waals surface area contributed by atoms with Crippen LogP contribution in [-0.2, 0) is 14.3 Å². The van der Waals surface area contributed by atoms with Gasteiger partial charge in [0.2, 0.25) is 0 Å². The lowest BCUT2D eigenvalue weighted by molar-refractivity contribution is -0.144. The van der Waals surface area contributed by atoms with Gasteiger partial charge in [-0.25, -0.2) is 0 Å². The number of hydrogen-bond acceptors (Lipinski definition) is 5. The molecule has 0 bridgehead atoms. The van der Waals surface area contributed by atoms with E-state index in [0.717, 1.165) is 76.5 Å². The smallest absolute Gasteiger partial charge is 0.305 e. The molecule has 274 valence electrons. The minimum absolute atomic E-state index is 0.0405. The predicted octanol–water partition coefficient (Wildman–Crippen LogP) is 12.1. The van der Waals surface area contributed by atoms with Gasteiger partial charge in [0.15, 0.2) is 0 Å². The highest BCUT2D eigenvalue weighted by Crippen LogP contribution is 2.08. The molecular formula is C41H75NO4S. The summed E-state index contributed by atoms with van der Waals surface area (Å²) in [5.41, 5.74) is 0. The third-order valence-electron chi connectivity index (χ3n) is 7.68. The Morgan fingerprint density at radius 2 is 0.979 bits per heavy atom. The summed E-state index contributed by atoms with van der Waals surface area (Å²) >= 11 is 4.22. The van der Waals surface area contributed by atoms with E-state index in [1.165, 1.54) is 83.5 Å². The van der Waals surface area contributed by atoms with Gasteiger partial charge in [-0.2, -0.15) is 12.6 Å². The number of allylic oxidation sites excluding steroid dienone is 8. The Bertz CT molecular complexity index is 775. The first-order valence-electron chi connectivity index (χ1n) is 19.2. The second-order valence-corrected chi connectivity index (χ2v) is 13.2. The number of hydrogen-bond donors (Lipinski definition) is 2. The van der Waals surface area contributed by atoms with E-state index in [-0.39, 0.29) is 5.97 Å². The van der Waals surface area contributed by atoms with Crippen LogP contribution in [-0.4, -0.2) is 54.9 Å². The molecule has 0 fully saturated rings. The molecule has 0 aliphatic rings. The standard InChI is InChI=1S/C23H43NO2S.C18H32O2/c1-24(2)20-16-17-21-26-23(25)19-15-13-11-9-7-5-3-4-6-8-10-12-14-18-22-27;1-2-3-4-5-6-7-8-9-10-11-12-13-14-15-16-17-18(19)20/h6-9,27H,3-5,10-22H2,1-2H3;7-8,12-13H,2-6,9-11,14-17H2,1H3,(H,19,20)/b8-6-,9-7-;8-7-,13-12-. The topological polar surface area (TPSA) is 66.8 Å². The molecule has 0 unspecified atom stereocenters. The van der Waals surface area contributed by atoms with Crippen molar-refractivity contribution in [2.24, 2.45) is 0 Å². The molecule has 0 rings (SSSR count). The van der Waals surface area contributed by atoms with Crippen LogP contribution in [0.1, 0.15) is 167 Å². The van der Waals surface area contributed by atoms with Gasteiger partial charge in [0.25, 0.3) is 0 Å². The summed E-state index contributed by atoms with van der Waals surface area (Å²) in [4.78, 5) is 24.1. The first kappa shape index (κ1) is 47.3. The zero-order chi connectivity index (χ0) is 34.9. The van der Waals surface area contributed by atoms with Crippen LogP contribution in [0.4, 0.5) is 0 Å². The highest BCUT2D eigenvalue weighted by Gasteiger charge is 2.02. The van der Waals surface area contributed by atoms with E-state index in [4.69, 9.17) is 9.84 Å². The molecule has 0 heterocycles. The third kappa shape index (κ3) is 48.7. The number of nitrogens with zero attached hydrogens (tertiary/aromatic N) is 1. The Kier molecular flexibility index (Phi) is 42.5. The highest BCUT2D eigenvalue weighted by atomic mass is 32.1. The summed E-state index contributed by atoms with van der Waals surface area (Å²) in [6.45, 7) is 3.86. The van der Waals surface area contributed by atoms with Crippen LogP contribution >= 0.6 is 12.6 Å². The second kappa shape index (κ2) is 42.2. The van der Waals surface area contributed by atoms with E-state index >= 15 is 0 Å². The molecule has 0 amide bonds. The number of carbonyl (C=O) groups is 2. The average molecular weight is 678 g/mol. The highest BCUT2D eigenvalue weighted by molar-refractivity contribution is 7.80. The van der Waals surface area contributed by atoms with E-state index in [1.54, 1.807) is 0 Å². The van der Waals surface area contributed by atoms with Crippen LogP contribution in [0, 0.1) is 0 Å². The molecule has 0 atom stereocenters. The van der Waals surface area contributed by atoms with Crippen molar-refractivity contribution in [1.82, 2.24) is 4.90 Å². The Morgan fingerprint density at radius 3 is 1.40 bits per heavy atom. The van der Waals surface area contributed by atoms with Crippen molar-refractivity contribution in [2.75, 3.05) is 33.0 Å². The molecule has 47 heavy (non-hydrogen) atoms. The lowest BCUT2D eigenvalue weighted by atomic mass is 10.1. The SMILES string of the molecule is CCCCCC/C=C\CCC/C=C\CCCCC(=O)O.CN(C)CCCCOC(=O)CCCC/C=C\CCC/C=C\CCCCCS. The number of aliphatic carboxylic acids is 1. The van der Waals surface area contributed by atoms with Crippen molar-refractivity contribution in [3.63, 3.8) is 0 Å². The van der Waals surface area contributed by atoms with E-state index in [1.807, 2.05) is 0 Å². The van der Waals surface area contributed by atoms with Gasteiger partial charge in [0.1, 0.15) is 0 Å². The van der Waals surface area contributed by atoms with Crippen LogP contribution in [0.15, 0.2) is 48.6 Å². The predicted molar refractivity (Wildman–Crippen MR) is 209 cm³/mol. The number of rotatable bonds is 33. The molecule has 0 aromatic carbocycles. The molecular weight excluding hydrogens is 603 g/mol. The average Bonchev–Trinajstić information content (AvgIpc) is 3.04. The maximum Gasteiger partial charge on any atom is 0.305 e. The Labute approximate surface area is 297 Å². The van der Waals surface area contributed by atoms with Crippen molar-refractivity contribution in [3.8, 4) is 0 Å². The summed E-state index contributed by atoms with van der Waals surface area (Å²) in [7, 11) is 4.12. The molecule has 0 radical (unpaired) electrons. The normalized spacial score (nSPS) is 11.8. The minimum Gasteiger partial charge on any atom is -0.481 e. The molecule has 0 spiro atoms. The maximum atomic E-state index is 11.6. The number of carboxylic acid groups (broad SMARTS) is 1.